The van der Waals surface area contributed by atoms with Gasteiger partial charge in [-0.05, 0) is 49.5 Å². The molecule has 0 radical (unpaired) electrons. The van der Waals surface area contributed by atoms with Gasteiger partial charge in [-0.15, -0.1) is 0 Å². The van der Waals surface area contributed by atoms with Crippen molar-refractivity contribution in [3.8, 4) is 0 Å². The molecule has 0 aromatic rings. The molecule has 0 unspecified atom stereocenters. The third kappa shape index (κ3) is 7.14. The van der Waals surface area contributed by atoms with Gasteiger partial charge < -0.3 is 10.2 Å². The van der Waals surface area contributed by atoms with E-state index in [0.29, 0.717) is 6.61 Å². The highest BCUT2D eigenvalue weighted by molar-refractivity contribution is 6.74. The molecule has 0 aromatic carbocycles. The van der Waals surface area contributed by atoms with Gasteiger partial charge in [0.15, 0.2) is 8.32 Å². The number of rotatable bonds is 8. The molecule has 0 rings (SSSR count). The molecule has 0 aliphatic rings. The minimum Gasteiger partial charge on any atom is -0.413 e. The van der Waals surface area contributed by atoms with Crippen molar-refractivity contribution in [3.05, 3.63) is 24.3 Å². The van der Waals surface area contributed by atoms with Gasteiger partial charge in [-0.2, -0.15) is 0 Å². The molecule has 0 amide bonds. The van der Waals surface area contributed by atoms with Crippen LogP contribution in [-0.2, 0) is 4.43 Å². The maximum Gasteiger partial charge on any atom is 0.192 e. The SMILES string of the molecule is C=C(/C=C/CCCCN)CO[Si](C)(C)C(C)(C)C. The molecule has 0 aliphatic heterocycles. The zero-order chi connectivity index (χ0) is 14.2. The van der Waals surface area contributed by atoms with E-state index in [2.05, 4.69) is 52.6 Å². The molecule has 0 aliphatic carbocycles. The standard InChI is InChI=1S/C15H31NOSi/c1-14(11-9-7-8-10-12-16)13-17-18(5,6)15(2,3)4/h9,11H,1,7-8,10,12-13,16H2,2-6H3/b11-9+. The van der Waals surface area contributed by atoms with E-state index in [1.54, 1.807) is 0 Å². The Balaban J connectivity index is 3.97. The van der Waals surface area contributed by atoms with E-state index in [1.807, 2.05) is 0 Å². The summed E-state index contributed by atoms with van der Waals surface area (Å²) in [6.07, 6.45) is 7.59. The molecule has 0 bridgehead atoms. The average Bonchev–Trinajstić information content (AvgIpc) is 2.24. The Kier molecular flexibility index (Phi) is 7.75. The van der Waals surface area contributed by atoms with Crippen molar-refractivity contribution in [1.29, 1.82) is 0 Å². The molecule has 0 saturated carbocycles. The smallest absolute Gasteiger partial charge is 0.192 e. The van der Waals surface area contributed by atoms with Crippen LogP contribution >= 0.6 is 0 Å². The number of nitrogens with two attached hydrogens (primary N) is 1. The summed E-state index contributed by atoms with van der Waals surface area (Å²) < 4.78 is 6.10. The lowest BCUT2D eigenvalue weighted by atomic mass is 10.2. The first-order valence-electron chi connectivity index (χ1n) is 6.89. The summed E-state index contributed by atoms with van der Waals surface area (Å²) in [5.41, 5.74) is 6.51. The lowest BCUT2D eigenvalue weighted by Crippen LogP contribution is -2.41. The second kappa shape index (κ2) is 7.92. The Bertz CT molecular complexity index is 277. The number of hydrogen-bond acceptors (Lipinski definition) is 2. The molecule has 0 heterocycles. The minimum atomic E-state index is -1.64. The molecule has 0 saturated heterocycles. The van der Waals surface area contributed by atoms with E-state index in [4.69, 9.17) is 10.2 Å². The van der Waals surface area contributed by atoms with Gasteiger partial charge in [-0.25, -0.2) is 0 Å². The summed E-state index contributed by atoms with van der Waals surface area (Å²) in [5.74, 6) is 0. The van der Waals surface area contributed by atoms with Crippen molar-refractivity contribution in [2.24, 2.45) is 5.73 Å². The molecule has 0 atom stereocenters. The van der Waals surface area contributed by atoms with Gasteiger partial charge in [-0.1, -0.05) is 39.5 Å². The van der Waals surface area contributed by atoms with Crippen LogP contribution in [0.4, 0.5) is 0 Å². The van der Waals surface area contributed by atoms with E-state index in [1.165, 1.54) is 0 Å². The third-order valence-corrected chi connectivity index (χ3v) is 8.08. The van der Waals surface area contributed by atoms with Crippen molar-refractivity contribution in [3.63, 3.8) is 0 Å². The molecule has 18 heavy (non-hydrogen) atoms. The molecule has 0 spiro atoms. The van der Waals surface area contributed by atoms with Crippen LogP contribution in [0, 0.1) is 0 Å². The maximum absolute atomic E-state index is 6.10. The molecular formula is C15H31NOSi. The van der Waals surface area contributed by atoms with Gasteiger partial charge in [0.25, 0.3) is 0 Å². The third-order valence-electron chi connectivity index (χ3n) is 3.60. The Morgan fingerprint density at radius 3 is 2.39 bits per heavy atom. The van der Waals surface area contributed by atoms with E-state index in [0.717, 1.165) is 31.4 Å². The van der Waals surface area contributed by atoms with Crippen molar-refractivity contribution < 1.29 is 4.43 Å². The summed E-state index contributed by atoms with van der Waals surface area (Å²) in [5, 5.41) is 0.262. The summed E-state index contributed by atoms with van der Waals surface area (Å²) in [6, 6.07) is 0. The van der Waals surface area contributed by atoms with Crippen molar-refractivity contribution in [1.82, 2.24) is 0 Å². The van der Waals surface area contributed by atoms with E-state index in [9.17, 15) is 0 Å². The van der Waals surface area contributed by atoms with Crippen molar-refractivity contribution in [2.45, 2.75) is 58.2 Å². The topological polar surface area (TPSA) is 35.2 Å². The monoisotopic (exact) mass is 269 g/mol. The molecule has 106 valence electrons. The van der Waals surface area contributed by atoms with Gasteiger partial charge in [0, 0.05) is 0 Å². The molecular weight excluding hydrogens is 238 g/mol. The Labute approximate surface area is 114 Å². The lowest BCUT2D eigenvalue weighted by molar-refractivity contribution is 0.322. The van der Waals surface area contributed by atoms with Crippen LogP contribution in [0.5, 0.6) is 0 Å². The predicted molar refractivity (Wildman–Crippen MR) is 84.3 cm³/mol. The Hall–Kier alpha value is -0.383. The Morgan fingerprint density at radius 2 is 1.89 bits per heavy atom. The molecule has 0 fully saturated rings. The van der Waals surface area contributed by atoms with Crippen LogP contribution in [0.15, 0.2) is 24.3 Å². The maximum atomic E-state index is 6.10. The highest BCUT2D eigenvalue weighted by Gasteiger charge is 2.36. The van der Waals surface area contributed by atoms with Crippen LogP contribution in [-0.4, -0.2) is 21.5 Å². The molecule has 3 heteroatoms. The first-order valence-corrected chi connectivity index (χ1v) is 9.80. The van der Waals surface area contributed by atoms with Crippen LogP contribution in [0.2, 0.25) is 18.1 Å². The summed E-state index contributed by atoms with van der Waals surface area (Å²) >= 11 is 0. The van der Waals surface area contributed by atoms with Gasteiger partial charge >= 0.3 is 0 Å². The van der Waals surface area contributed by atoms with Crippen LogP contribution in [0.3, 0.4) is 0 Å². The van der Waals surface area contributed by atoms with Crippen molar-refractivity contribution >= 4 is 8.32 Å². The zero-order valence-corrected chi connectivity index (χ0v) is 13.9. The first kappa shape index (κ1) is 17.6. The first-order chi connectivity index (χ1) is 8.20. The van der Waals surface area contributed by atoms with Crippen LogP contribution < -0.4 is 5.73 Å². The number of unbranched alkanes of at least 4 members (excludes halogenated alkanes) is 2. The van der Waals surface area contributed by atoms with Gasteiger partial charge in [0.1, 0.15) is 0 Å². The normalized spacial score (nSPS) is 13.2. The average molecular weight is 270 g/mol. The second-order valence-electron chi connectivity index (χ2n) is 6.39. The fourth-order valence-electron chi connectivity index (χ4n) is 1.19. The summed E-state index contributed by atoms with van der Waals surface area (Å²) in [6.45, 7) is 16.8. The largest absolute Gasteiger partial charge is 0.413 e. The molecule has 0 aromatic heterocycles. The highest BCUT2D eigenvalue weighted by atomic mass is 28.4. The van der Waals surface area contributed by atoms with Gasteiger partial charge in [0.2, 0.25) is 0 Å². The zero-order valence-electron chi connectivity index (χ0n) is 12.9. The molecule has 2 N–H and O–H groups in total. The van der Waals surface area contributed by atoms with Gasteiger partial charge in [0.05, 0.1) is 6.61 Å². The van der Waals surface area contributed by atoms with Crippen molar-refractivity contribution in [2.75, 3.05) is 13.2 Å². The molecule has 2 nitrogen and oxygen atoms in total. The highest BCUT2D eigenvalue weighted by Crippen LogP contribution is 2.36. The van der Waals surface area contributed by atoms with E-state index >= 15 is 0 Å². The second-order valence-corrected chi connectivity index (χ2v) is 11.2. The van der Waals surface area contributed by atoms with E-state index in [-0.39, 0.29) is 5.04 Å². The quantitative estimate of drug-likeness (QED) is 0.406. The van der Waals surface area contributed by atoms with Gasteiger partial charge in [-0.3, -0.25) is 0 Å². The number of allylic oxidation sites excluding steroid dienone is 1. The lowest BCUT2D eigenvalue weighted by Gasteiger charge is -2.36. The summed E-state index contributed by atoms with van der Waals surface area (Å²) in [4.78, 5) is 0. The number of hydrogen-bond donors (Lipinski definition) is 1. The minimum absolute atomic E-state index is 0.262. The Morgan fingerprint density at radius 1 is 1.28 bits per heavy atom. The van der Waals surface area contributed by atoms with E-state index < -0.39 is 8.32 Å². The fraction of sp³-hybridized carbons (Fsp3) is 0.733. The predicted octanol–water partition coefficient (Wildman–Crippen LogP) is 4.25. The fourth-order valence-corrected chi connectivity index (χ4v) is 2.17. The van der Waals surface area contributed by atoms with Crippen LogP contribution in [0.1, 0.15) is 40.0 Å². The van der Waals surface area contributed by atoms with Crippen LogP contribution in [0.25, 0.3) is 0 Å². The summed E-state index contributed by atoms with van der Waals surface area (Å²) in [7, 11) is -1.64.